The van der Waals surface area contributed by atoms with Crippen LogP contribution in [0.15, 0.2) is 0 Å². The van der Waals surface area contributed by atoms with Gasteiger partial charge in [0, 0.05) is 6.42 Å². The summed E-state index contributed by atoms with van der Waals surface area (Å²) >= 11 is 0. The number of rotatable bonds is 3. The van der Waals surface area contributed by atoms with E-state index < -0.39 is 28.6 Å². The molecule has 1 aliphatic rings. The molecule has 2 unspecified atom stereocenters. The Morgan fingerprint density at radius 2 is 1.94 bits per heavy atom. The quantitative estimate of drug-likeness (QED) is 0.578. The van der Waals surface area contributed by atoms with Crippen molar-refractivity contribution in [3.8, 4) is 0 Å². The normalized spacial score (nSPS) is 36.4. The summed E-state index contributed by atoms with van der Waals surface area (Å²) in [6.45, 7) is 6.50. The molecule has 1 aliphatic heterocycles. The second-order valence-electron chi connectivity index (χ2n) is 5.56. The average molecular weight is 244 g/mol. The van der Waals surface area contributed by atoms with Crippen LogP contribution in [0.2, 0.25) is 0 Å². The fourth-order valence-electron chi connectivity index (χ4n) is 2.74. The molecule has 0 spiro atoms. The molecule has 0 aromatic heterocycles. The highest BCUT2D eigenvalue weighted by molar-refractivity contribution is 6.01. The van der Waals surface area contributed by atoms with Crippen molar-refractivity contribution in [2.24, 2.45) is 5.41 Å². The van der Waals surface area contributed by atoms with Gasteiger partial charge in [0.1, 0.15) is 5.60 Å². The number of ether oxygens (including phenoxy) is 1. The molecular weight excluding hydrogens is 224 g/mol. The molecule has 98 valence electrons. The molecule has 1 rings (SSSR count). The molecule has 5 heteroatoms. The fraction of sp³-hybridized carbons (Fsp3) is 0.833. The van der Waals surface area contributed by atoms with Crippen LogP contribution in [0.25, 0.3) is 0 Å². The number of aliphatic carboxylic acids is 1. The zero-order valence-electron chi connectivity index (χ0n) is 10.7. The van der Waals surface area contributed by atoms with Gasteiger partial charge in [-0.05, 0) is 27.2 Å². The Balaban J connectivity index is 3.28. The smallest absolute Gasteiger partial charge is 0.327 e. The minimum Gasteiger partial charge on any atom is -0.480 e. The van der Waals surface area contributed by atoms with E-state index in [1.165, 1.54) is 6.92 Å². The Morgan fingerprint density at radius 1 is 1.41 bits per heavy atom. The summed E-state index contributed by atoms with van der Waals surface area (Å²) in [5.74, 6) is -2.15. The van der Waals surface area contributed by atoms with Gasteiger partial charge in [-0.15, -0.1) is 0 Å². The van der Waals surface area contributed by atoms with Gasteiger partial charge in [-0.2, -0.15) is 0 Å². The van der Waals surface area contributed by atoms with Gasteiger partial charge in [-0.25, -0.2) is 0 Å². The molecule has 1 heterocycles. The highest BCUT2D eigenvalue weighted by atomic mass is 16.6. The van der Waals surface area contributed by atoms with Crippen molar-refractivity contribution in [1.82, 2.24) is 0 Å². The Hall–Kier alpha value is -1.10. The number of esters is 1. The van der Waals surface area contributed by atoms with Gasteiger partial charge in [0.25, 0.3) is 0 Å². The Morgan fingerprint density at radius 3 is 2.29 bits per heavy atom. The minimum absolute atomic E-state index is 0.0737. The second-order valence-corrected chi connectivity index (χ2v) is 5.56. The first-order valence-electron chi connectivity index (χ1n) is 5.78. The number of carboxylic acid groups (broad SMARTS) is 1. The number of hydrogen-bond acceptors (Lipinski definition) is 4. The highest BCUT2D eigenvalue weighted by Gasteiger charge is 2.65. The highest BCUT2D eigenvalue weighted by Crippen LogP contribution is 2.47. The molecule has 0 bridgehead atoms. The molecule has 5 nitrogen and oxygen atoms in total. The van der Waals surface area contributed by atoms with Crippen LogP contribution in [-0.2, 0) is 14.3 Å². The molecule has 0 aromatic carbocycles. The first-order valence-corrected chi connectivity index (χ1v) is 5.78. The summed E-state index contributed by atoms with van der Waals surface area (Å²) in [5.41, 5.74) is -4.29. The van der Waals surface area contributed by atoms with Crippen LogP contribution in [0.3, 0.4) is 0 Å². The van der Waals surface area contributed by atoms with Crippen molar-refractivity contribution in [3.05, 3.63) is 0 Å². The van der Waals surface area contributed by atoms with Gasteiger partial charge in [0.15, 0.2) is 5.41 Å². The van der Waals surface area contributed by atoms with E-state index in [-0.39, 0.29) is 12.8 Å². The Bertz CT molecular complexity index is 345. The number of carbonyl (C=O) groups is 2. The topological polar surface area (TPSA) is 83.8 Å². The van der Waals surface area contributed by atoms with E-state index in [1.54, 1.807) is 20.8 Å². The van der Waals surface area contributed by atoms with Crippen molar-refractivity contribution in [1.29, 1.82) is 0 Å². The molecule has 1 fully saturated rings. The monoisotopic (exact) mass is 244 g/mol. The number of cyclic esters (lactones) is 1. The van der Waals surface area contributed by atoms with Gasteiger partial charge in [-0.1, -0.05) is 13.3 Å². The van der Waals surface area contributed by atoms with Crippen LogP contribution >= 0.6 is 0 Å². The summed E-state index contributed by atoms with van der Waals surface area (Å²) in [6, 6.07) is 0. The average Bonchev–Trinajstić information content (AvgIpc) is 2.07. The van der Waals surface area contributed by atoms with Gasteiger partial charge in [0.05, 0.1) is 5.60 Å². The van der Waals surface area contributed by atoms with Crippen molar-refractivity contribution in [2.45, 2.75) is 58.2 Å². The Labute approximate surface area is 101 Å². The third kappa shape index (κ3) is 2.04. The zero-order valence-corrected chi connectivity index (χ0v) is 10.7. The SMILES string of the molecule is CCCC1(C(=O)O)C(=O)OC(C)(C)CC1(C)O. The lowest BCUT2D eigenvalue weighted by Gasteiger charge is -2.49. The number of aliphatic hydroxyl groups is 1. The van der Waals surface area contributed by atoms with E-state index in [4.69, 9.17) is 4.74 Å². The van der Waals surface area contributed by atoms with Crippen molar-refractivity contribution >= 4 is 11.9 Å². The zero-order chi connectivity index (χ0) is 13.5. The van der Waals surface area contributed by atoms with Gasteiger partial charge < -0.3 is 14.9 Å². The molecule has 2 atom stereocenters. The molecule has 1 saturated heterocycles. The van der Waals surface area contributed by atoms with Crippen molar-refractivity contribution in [3.63, 3.8) is 0 Å². The molecular formula is C12H20O5. The minimum atomic E-state index is -1.85. The van der Waals surface area contributed by atoms with Crippen LogP contribution in [0.1, 0.15) is 47.0 Å². The van der Waals surface area contributed by atoms with E-state index in [2.05, 4.69) is 0 Å². The summed E-state index contributed by atoms with van der Waals surface area (Å²) < 4.78 is 5.16. The molecule has 0 aliphatic carbocycles. The molecule has 17 heavy (non-hydrogen) atoms. The number of carbonyl (C=O) groups excluding carboxylic acids is 1. The summed E-state index contributed by atoms with van der Waals surface area (Å²) in [7, 11) is 0. The maximum Gasteiger partial charge on any atom is 0.327 e. The number of hydrogen-bond donors (Lipinski definition) is 2. The standard InChI is InChI=1S/C12H20O5/c1-5-6-12(8(13)14)9(15)17-10(2,3)7-11(12,4)16/h16H,5-7H2,1-4H3,(H,13,14). The number of carboxylic acids is 1. The predicted octanol–water partition coefficient (Wildman–Crippen LogP) is 1.33. The lowest BCUT2D eigenvalue weighted by molar-refractivity contribution is -0.225. The van der Waals surface area contributed by atoms with E-state index in [0.717, 1.165) is 0 Å². The van der Waals surface area contributed by atoms with Gasteiger partial charge in [0.2, 0.25) is 0 Å². The maximum atomic E-state index is 12.0. The van der Waals surface area contributed by atoms with E-state index in [0.29, 0.717) is 6.42 Å². The van der Waals surface area contributed by atoms with Crippen LogP contribution in [0.4, 0.5) is 0 Å². The molecule has 2 N–H and O–H groups in total. The first kappa shape index (κ1) is 14.0. The first-order chi connectivity index (χ1) is 7.59. The van der Waals surface area contributed by atoms with Gasteiger partial charge in [-0.3, -0.25) is 9.59 Å². The fourth-order valence-corrected chi connectivity index (χ4v) is 2.74. The van der Waals surface area contributed by atoms with E-state index >= 15 is 0 Å². The molecule has 0 amide bonds. The maximum absolute atomic E-state index is 12.0. The third-order valence-electron chi connectivity index (χ3n) is 3.40. The van der Waals surface area contributed by atoms with Crippen molar-refractivity contribution in [2.75, 3.05) is 0 Å². The van der Waals surface area contributed by atoms with Gasteiger partial charge >= 0.3 is 11.9 Å². The van der Waals surface area contributed by atoms with Crippen LogP contribution < -0.4 is 0 Å². The molecule has 0 aromatic rings. The van der Waals surface area contributed by atoms with Crippen molar-refractivity contribution < 1.29 is 24.5 Å². The van der Waals surface area contributed by atoms with E-state index in [9.17, 15) is 19.8 Å². The predicted molar refractivity (Wildman–Crippen MR) is 60.4 cm³/mol. The van der Waals surface area contributed by atoms with Crippen LogP contribution in [-0.4, -0.2) is 33.4 Å². The molecule has 0 saturated carbocycles. The summed E-state index contributed by atoms with van der Waals surface area (Å²) in [5, 5.41) is 19.7. The van der Waals surface area contributed by atoms with Crippen LogP contribution in [0.5, 0.6) is 0 Å². The lowest BCUT2D eigenvalue weighted by Crippen LogP contribution is -2.64. The second kappa shape index (κ2) is 3.98. The summed E-state index contributed by atoms with van der Waals surface area (Å²) in [6.07, 6.45) is 0.667. The summed E-state index contributed by atoms with van der Waals surface area (Å²) in [4.78, 5) is 23.5. The largest absolute Gasteiger partial charge is 0.480 e. The Kier molecular flexibility index (Phi) is 3.27. The lowest BCUT2D eigenvalue weighted by atomic mass is 9.64. The van der Waals surface area contributed by atoms with E-state index in [1.807, 2.05) is 0 Å². The molecule has 0 radical (unpaired) electrons. The third-order valence-corrected chi connectivity index (χ3v) is 3.40. The van der Waals surface area contributed by atoms with Crippen LogP contribution in [0, 0.1) is 5.41 Å².